The van der Waals surface area contributed by atoms with Crippen LogP contribution in [0.3, 0.4) is 0 Å². The molecule has 4 aliphatic carbocycles. The number of rotatable bonds is 11. The normalized spacial score (nSPS) is 35.2. The van der Waals surface area contributed by atoms with E-state index >= 15 is 4.39 Å². The number of para-hydroxylation sites is 1. The van der Waals surface area contributed by atoms with Crippen LogP contribution in [0.4, 0.5) is 10.1 Å². The minimum atomic E-state index is -0.966. The number of aliphatic carboxylic acids is 1. The highest BCUT2D eigenvalue weighted by Crippen LogP contribution is 2.69. The molecule has 3 aromatic rings. The number of fused-ring (bicyclic) bond motifs is 6. The van der Waals surface area contributed by atoms with Gasteiger partial charge < -0.3 is 25.7 Å². The number of nitrogens with zero attached hydrogens (tertiary/aromatic N) is 1. The van der Waals surface area contributed by atoms with Gasteiger partial charge in [0.2, 0.25) is 0 Å². The molecule has 0 bridgehead atoms. The lowest BCUT2D eigenvalue weighted by atomic mass is 9.42. The molecule has 1 aromatic heterocycles. The molecule has 0 spiro atoms. The molecule has 2 aromatic carbocycles. The fourth-order valence-electron chi connectivity index (χ4n) is 12.4. The molecule has 4 fully saturated rings. The lowest BCUT2D eigenvalue weighted by molar-refractivity contribution is -0.216. The predicted octanol–water partition coefficient (Wildman–Crippen LogP) is 8.26. The SMILES string of the molecule is CC(=O)c1c(C)nc2ccccc2c1NCc1ccc(CC[C@@]2(O)CC[C@@]3(C)C(CC(O)C4C3C[C@H](O)[C@@]3(C)C4CC[C@@H]3[C@H](C)CCC(=O)O)C2)c(F)c1. The van der Waals surface area contributed by atoms with Gasteiger partial charge in [0.25, 0.3) is 0 Å². The van der Waals surface area contributed by atoms with Crippen LogP contribution in [0.2, 0.25) is 0 Å². The first-order chi connectivity index (χ1) is 25.6. The van der Waals surface area contributed by atoms with Gasteiger partial charge in [-0.25, -0.2) is 4.39 Å². The molecule has 4 aliphatic rings. The molecular weight excluding hydrogens is 684 g/mol. The third-order valence-corrected chi connectivity index (χ3v) is 15.4. The van der Waals surface area contributed by atoms with E-state index in [9.17, 15) is 30.0 Å². The van der Waals surface area contributed by atoms with E-state index in [1.165, 1.54) is 13.0 Å². The Morgan fingerprint density at radius 3 is 2.54 bits per heavy atom. The van der Waals surface area contributed by atoms with Gasteiger partial charge in [-0.15, -0.1) is 0 Å². The van der Waals surface area contributed by atoms with E-state index in [-0.39, 0.29) is 64.4 Å². The van der Waals surface area contributed by atoms with Crippen molar-refractivity contribution in [1.82, 2.24) is 4.98 Å². The largest absolute Gasteiger partial charge is 0.481 e. The second-order valence-electron chi connectivity index (χ2n) is 18.2. The fraction of sp³-hybridized carbons (Fsp3) is 0.622. The second-order valence-corrected chi connectivity index (χ2v) is 18.2. The van der Waals surface area contributed by atoms with E-state index in [4.69, 9.17) is 0 Å². The fourth-order valence-corrected chi connectivity index (χ4v) is 12.4. The number of benzene rings is 2. The Bertz CT molecular complexity index is 1920. The number of aliphatic hydroxyl groups excluding tert-OH is 2. The summed E-state index contributed by atoms with van der Waals surface area (Å²) in [6.07, 6.45) is 5.64. The Kier molecular flexibility index (Phi) is 10.5. The summed E-state index contributed by atoms with van der Waals surface area (Å²) in [4.78, 5) is 28.5. The van der Waals surface area contributed by atoms with Crippen LogP contribution in [0.15, 0.2) is 42.5 Å². The molecule has 1 heterocycles. The van der Waals surface area contributed by atoms with Gasteiger partial charge in [-0.05, 0) is 148 Å². The van der Waals surface area contributed by atoms with Gasteiger partial charge in [0.15, 0.2) is 5.78 Å². The number of ketones is 1. The number of aliphatic hydroxyl groups is 3. The highest BCUT2D eigenvalue weighted by Gasteiger charge is 2.66. The average Bonchev–Trinajstić information content (AvgIpc) is 3.48. The maximum absolute atomic E-state index is 15.6. The van der Waals surface area contributed by atoms with Crippen LogP contribution in [0.1, 0.15) is 119 Å². The van der Waals surface area contributed by atoms with Crippen molar-refractivity contribution in [2.24, 2.45) is 46.3 Å². The first-order valence-electron chi connectivity index (χ1n) is 20.3. The monoisotopic (exact) mass is 742 g/mol. The molecule has 4 saturated carbocycles. The van der Waals surface area contributed by atoms with Crippen molar-refractivity contribution in [3.63, 3.8) is 0 Å². The van der Waals surface area contributed by atoms with Gasteiger partial charge in [-0.2, -0.15) is 0 Å². The molecule has 0 saturated heterocycles. The summed E-state index contributed by atoms with van der Waals surface area (Å²) >= 11 is 0. The first-order valence-corrected chi connectivity index (χ1v) is 20.3. The Labute approximate surface area is 319 Å². The zero-order chi connectivity index (χ0) is 38.7. The van der Waals surface area contributed by atoms with E-state index in [1.54, 1.807) is 6.07 Å². The summed E-state index contributed by atoms with van der Waals surface area (Å²) in [6.45, 7) is 10.3. The van der Waals surface area contributed by atoms with Gasteiger partial charge >= 0.3 is 5.97 Å². The van der Waals surface area contributed by atoms with Crippen molar-refractivity contribution in [3.05, 3.63) is 70.7 Å². The first kappa shape index (κ1) is 38.9. The Morgan fingerprint density at radius 1 is 1.06 bits per heavy atom. The van der Waals surface area contributed by atoms with E-state index in [1.807, 2.05) is 37.3 Å². The van der Waals surface area contributed by atoms with Crippen LogP contribution in [0.5, 0.6) is 0 Å². The van der Waals surface area contributed by atoms with E-state index in [0.717, 1.165) is 35.7 Å². The van der Waals surface area contributed by atoms with Crippen molar-refractivity contribution in [2.45, 2.75) is 130 Å². The maximum Gasteiger partial charge on any atom is 0.303 e. The summed E-state index contributed by atoms with van der Waals surface area (Å²) in [5, 5.41) is 49.3. The number of pyridine rings is 1. The molecular formula is C45H59FN2O6. The molecule has 0 aliphatic heterocycles. The number of aromatic nitrogens is 1. The molecule has 0 amide bonds. The quantitative estimate of drug-likeness (QED) is 0.124. The third kappa shape index (κ3) is 6.76. The molecule has 54 heavy (non-hydrogen) atoms. The van der Waals surface area contributed by atoms with Gasteiger partial charge in [0.1, 0.15) is 5.82 Å². The smallest absolute Gasteiger partial charge is 0.303 e. The number of carbonyl (C=O) groups excluding carboxylic acids is 1. The van der Waals surface area contributed by atoms with E-state index in [0.29, 0.717) is 74.0 Å². The molecule has 7 rings (SSSR count). The van der Waals surface area contributed by atoms with Crippen LogP contribution >= 0.6 is 0 Å². The maximum atomic E-state index is 15.6. The number of nitrogens with one attached hydrogen (secondary N) is 1. The predicted molar refractivity (Wildman–Crippen MR) is 208 cm³/mol. The van der Waals surface area contributed by atoms with E-state index < -0.39 is 23.8 Å². The zero-order valence-corrected chi connectivity index (χ0v) is 32.6. The zero-order valence-electron chi connectivity index (χ0n) is 32.6. The van der Waals surface area contributed by atoms with E-state index in [2.05, 4.69) is 31.1 Å². The van der Waals surface area contributed by atoms with Crippen LogP contribution < -0.4 is 5.32 Å². The topological polar surface area (TPSA) is 140 Å². The Balaban J connectivity index is 1.01. The van der Waals surface area contributed by atoms with Crippen molar-refractivity contribution < 1.29 is 34.4 Å². The van der Waals surface area contributed by atoms with Gasteiger partial charge in [0, 0.05) is 18.4 Å². The van der Waals surface area contributed by atoms with Gasteiger partial charge in [0.05, 0.1) is 40.3 Å². The molecule has 5 N–H and O–H groups in total. The van der Waals surface area contributed by atoms with Crippen LogP contribution in [0.25, 0.3) is 10.9 Å². The van der Waals surface area contributed by atoms with Crippen LogP contribution in [0, 0.1) is 59.1 Å². The third-order valence-electron chi connectivity index (χ3n) is 15.4. The summed E-state index contributed by atoms with van der Waals surface area (Å²) in [7, 11) is 0. The number of anilines is 1. The van der Waals surface area contributed by atoms with Crippen molar-refractivity contribution in [1.29, 1.82) is 0 Å². The summed E-state index contributed by atoms with van der Waals surface area (Å²) in [6, 6.07) is 12.9. The second kappa shape index (κ2) is 14.6. The average molecular weight is 743 g/mol. The number of carboxylic acids is 1. The molecule has 9 heteroatoms. The Hall–Kier alpha value is -3.40. The van der Waals surface area contributed by atoms with Crippen molar-refractivity contribution in [3.8, 4) is 0 Å². The summed E-state index contributed by atoms with van der Waals surface area (Å²) < 4.78 is 15.6. The number of carbonyl (C=O) groups is 2. The standard InChI is InChI=1S/C45H59FN2O6/c1-25(10-15-39(52)53)32-13-14-33-41-34(22-38(51)44(32,33)5)43(4)18-19-45(54,23-30(43)21-37(41)50)17-16-29-12-11-28(20-35(29)46)24-47-42-31-8-6-7-9-36(31)48-26(2)40(42)27(3)49/h6-9,11-12,20,25,30,32-34,37-38,41,50-51,54H,10,13-19,21-24H2,1-5H3,(H,47,48)(H,52,53)/t25-,30?,32-,33?,34?,37?,38+,41?,43+,44-,45-/m1/s1. The van der Waals surface area contributed by atoms with Crippen LogP contribution in [-0.4, -0.2) is 55.0 Å². The highest BCUT2D eigenvalue weighted by atomic mass is 19.1. The van der Waals surface area contributed by atoms with Gasteiger partial charge in [-0.3, -0.25) is 14.6 Å². The van der Waals surface area contributed by atoms with Crippen molar-refractivity contribution >= 4 is 28.3 Å². The summed E-state index contributed by atoms with van der Waals surface area (Å²) in [5.74, 6) is -0.256. The molecule has 0 radical (unpaired) electrons. The minimum absolute atomic E-state index is 0.0824. The lowest BCUT2D eigenvalue weighted by Crippen LogP contribution is -2.63. The number of carboxylic acid groups (broad SMARTS) is 1. The van der Waals surface area contributed by atoms with Crippen LogP contribution in [-0.2, 0) is 17.8 Å². The Morgan fingerprint density at radius 2 is 1.81 bits per heavy atom. The molecule has 8 nitrogen and oxygen atoms in total. The lowest BCUT2D eigenvalue weighted by Gasteiger charge is -2.64. The highest BCUT2D eigenvalue weighted by molar-refractivity contribution is 6.08. The number of hydrogen-bond acceptors (Lipinski definition) is 7. The number of halogens is 1. The molecule has 292 valence electrons. The van der Waals surface area contributed by atoms with Crippen molar-refractivity contribution in [2.75, 3.05) is 5.32 Å². The number of hydrogen-bond donors (Lipinski definition) is 5. The van der Waals surface area contributed by atoms with Gasteiger partial charge in [-0.1, -0.05) is 51.1 Å². The molecule has 5 unspecified atom stereocenters. The number of Topliss-reactive ketones (excluding diaryl/α,β-unsaturated/α-hetero) is 1. The number of aryl methyl sites for hydroxylation is 2. The minimum Gasteiger partial charge on any atom is -0.481 e. The summed E-state index contributed by atoms with van der Waals surface area (Å²) in [5.41, 5.74) is 2.54. The molecule has 11 atom stereocenters.